The summed E-state index contributed by atoms with van der Waals surface area (Å²) in [6.07, 6.45) is 3.66. The van der Waals surface area contributed by atoms with Crippen molar-refractivity contribution in [3.63, 3.8) is 0 Å². The van der Waals surface area contributed by atoms with E-state index in [-0.39, 0.29) is 6.10 Å². The Hall–Kier alpha value is -2.14. The van der Waals surface area contributed by atoms with E-state index in [1.54, 1.807) is 0 Å². The lowest BCUT2D eigenvalue weighted by Gasteiger charge is -2.27. The number of benzene rings is 2. The Labute approximate surface area is 172 Å². The summed E-state index contributed by atoms with van der Waals surface area (Å²) in [5.74, 6) is 0. The van der Waals surface area contributed by atoms with E-state index in [2.05, 4.69) is 22.7 Å². The SMILES string of the molecule is C=CCC[C@@H](O)CN(Cc1cccc(Cl)c1)C[C@@H]1CC(c2ccccc2)=NO1. The van der Waals surface area contributed by atoms with Gasteiger partial charge in [0.05, 0.1) is 11.8 Å². The molecular formula is C23H27ClN2O2. The molecule has 1 aliphatic heterocycles. The molecule has 4 nitrogen and oxygen atoms in total. The predicted molar refractivity (Wildman–Crippen MR) is 115 cm³/mol. The third kappa shape index (κ3) is 6.20. The zero-order valence-corrected chi connectivity index (χ0v) is 16.8. The smallest absolute Gasteiger partial charge is 0.145 e. The second-order valence-corrected chi connectivity index (χ2v) is 7.62. The molecule has 0 saturated carbocycles. The van der Waals surface area contributed by atoms with Crippen LogP contribution in [0.5, 0.6) is 0 Å². The Bertz CT molecular complexity index is 794. The van der Waals surface area contributed by atoms with Gasteiger partial charge in [-0.1, -0.05) is 65.3 Å². The number of rotatable bonds is 10. The van der Waals surface area contributed by atoms with Gasteiger partial charge in [0.1, 0.15) is 6.10 Å². The molecule has 2 aromatic carbocycles. The Kier molecular flexibility index (Phi) is 7.66. The first-order valence-electron chi connectivity index (χ1n) is 9.68. The molecule has 0 aromatic heterocycles. The van der Waals surface area contributed by atoms with E-state index in [0.717, 1.165) is 34.7 Å². The molecule has 0 spiro atoms. The number of oxime groups is 1. The summed E-state index contributed by atoms with van der Waals surface area (Å²) in [4.78, 5) is 7.91. The molecule has 148 valence electrons. The van der Waals surface area contributed by atoms with E-state index >= 15 is 0 Å². The van der Waals surface area contributed by atoms with Crippen LogP contribution in [0.25, 0.3) is 0 Å². The Morgan fingerprint density at radius 2 is 2.07 bits per heavy atom. The summed E-state index contributed by atoms with van der Waals surface area (Å²) in [6.45, 7) is 5.70. The van der Waals surface area contributed by atoms with Crippen LogP contribution in [-0.2, 0) is 11.4 Å². The third-order valence-corrected chi connectivity index (χ3v) is 5.01. The second kappa shape index (κ2) is 10.4. The highest BCUT2D eigenvalue weighted by Crippen LogP contribution is 2.20. The Balaban J connectivity index is 1.62. The minimum atomic E-state index is -0.409. The molecule has 0 saturated heterocycles. The lowest BCUT2D eigenvalue weighted by Crippen LogP contribution is -2.37. The fourth-order valence-corrected chi connectivity index (χ4v) is 3.62. The van der Waals surface area contributed by atoms with Crippen molar-refractivity contribution in [2.75, 3.05) is 13.1 Å². The van der Waals surface area contributed by atoms with E-state index in [9.17, 15) is 5.11 Å². The Morgan fingerprint density at radius 1 is 1.25 bits per heavy atom. The Morgan fingerprint density at radius 3 is 2.82 bits per heavy atom. The molecule has 0 fully saturated rings. The van der Waals surface area contributed by atoms with Crippen molar-refractivity contribution in [1.82, 2.24) is 4.90 Å². The normalized spacial score (nSPS) is 17.2. The summed E-state index contributed by atoms with van der Waals surface area (Å²) in [5.41, 5.74) is 3.18. The van der Waals surface area contributed by atoms with Gasteiger partial charge in [0.2, 0.25) is 0 Å². The van der Waals surface area contributed by atoms with E-state index in [4.69, 9.17) is 16.4 Å². The third-order valence-electron chi connectivity index (χ3n) is 4.77. The summed E-state index contributed by atoms with van der Waals surface area (Å²) in [7, 11) is 0. The van der Waals surface area contributed by atoms with Gasteiger partial charge in [-0.05, 0) is 36.1 Å². The first-order valence-corrected chi connectivity index (χ1v) is 10.1. The number of halogens is 1. The lowest BCUT2D eigenvalue weighted by atomic mass is 10.0. The molecule has 0 bridgehead atoms. The molecule has 5 heteroatoms. The van der Waals surface area contributed by atoms with Crippen molar-refractivity contribution in [2.45, 2.75) is 38.0 Å². The van der Waals surface area contributed by atoms with Crippen LogP contribution in [0.2, 0.25) is 5.02 Å². The standard InChI is InChI=1S/C23H27ClN2O2/c1-2-3-12-21(27)16-26(15-18-8-7-11-20(24)13-18)17-22-14-23(25-28-22)19-9-5-4-6-10-19/h2,4-11,13,21-22,27H,1,3,12,14-17H2/t21-,22+/m1/s1. The van der Waals surface area contributed by atoms with Crippen LogP contribution in [-0.4, -0.2) is 41.0 Å². The molecule has 0 unspecified atom stereocenters. The molecule has 0 amide bonds. The fraction of sp³-hybridized carbons (Fsp3) is 0.348. The maximum atomic E-state index is 10.4. The van der Waals surface area contributed by atoms with Crippen molar-refractivity contribution in [2.24, 2.45) is 5.16 Å². The van der Waals surface area contributed by atoms with Crippen LogP contribution in [0.15, 0.2) is 72.4 Å². The molecule has 1 aliphatic rings. The van der Waals surface area contributed by atoms with Crippen LogP contribution in [0.4, 0.5) is 0 Å². The van der Waals surface area contributed by atoms with Crippen molar-refractivity contribution in [3.8, 4) is 0 Å². The zero-order valence-electron chi connectivity index (χ0n) is 16.0. The van der Waals surface area contributed by atoms with Gasteiger partial charge < -0.3 is 9.94 Å². The molecule has 28 heavy (non-hydrogen) atoms. The number of aliphatic hydroxyl groups is 1. The van der Waals surface area contributed by atoms with E-state index < -0.39 is 6.10 Å². The average Bonchev–Trinajstić information content (AvgIpc) is 3.15. The second-order valence-electron chi connectivity index (χ2n) is 7.18. The molecule has 2 aromatic rings. The molecule has 3 rings (SSSR count). The first-order chi connectivity index (χ1) is 13.6. The summed E-state index contributed by atoms with van der Waals surface area (Å²) in [5, 5.41) is 15.4. The average molecular weight is 399 g/mol. The van der Waals surface area contributed by atoms with Crippen LogP contribution in [0.3, 0.4) is 0 Å². The molecule has 0 aliphatic carbocycles. The highest BCUT2D eigenvalue weighted by atomic mass is 35.5. The summed E-state index contributed by atoms with van der Waals surface area (Å²) in [6, 6.07) is 17.9. The van der Waals surface area contributed by atoms with Gasteiger partial charge in [-0.25, -0.2) is 0 Å². The van der Waals surface area contributed by atoms with Gasteiger partial charge in [-0.3, -0.25) is 4.90 Å². The molecule has 0 radical (unpaired) electrons. The molecule has 1 N–H and O–H groups in total. The van der Waals surface area contributed by atoms with Crippen molar-refractivity contribution in [1.29, 1.82) is 0 Å². The predicted octanol–water partition coefficient (Wildman–Crippen LogP) is 4.66. The van der Waals surface area contributed by atoms with Crippen LogP contribution in [0, 0.1) is 0 Å². The van der Waals surface area contributed by atoms with Gasteiger partial charge in [-0.2, -0.15) is 0 Å². The summed E-state index contributed by atoms with van der Waals surface area (Å²) >= 11 is 6.14. The van der Waals surface area contributed by atoms with Gasteiger partial charge in [0.25, 0.3) is 0 Å². The first kappa shape index (κ1) is 20.6. The number of hydrogen-bond donors (Lipinski definition) is 1. The number of allylic oxidation sites excluding steroid dienone is 1. The minimum Gasteiger partial charge on any atom is -0.392 e. The minimum absolute atomic E-state index is 0.0269. The van der Waals surface area contributed by atoms with E-state index in [1.807, 2.05) is 54.6 Å². The molecule has 1 heterocycles. The lowest BCUT2D eigenvalue weighted by molar-refractivity contribution is 0.0308. The summed E-state index contributed by atoms with van der Waals surface area (Å²) < 4.78 is 0. The van der Waals surface area contributed by atoms with Crippen LogP contribution < -0.4 is 0 Å². The van der Waals surface area contributed by atoms with Crippen molar-refractivity contribution < 1.29 is 9.94 Å². The van der Waals surface area contributed by atoms with Crippen LogP contribution >= 0.6 is 11.6 Å². The zero-order chi connectivity index (χ0) is 19.8. The number of aliphatic hydroxyl groups excluding tert-OH is 1. The molecular weight excluding hydrogens is 372 g/mol. The largest absolute Gasteiger partial charge is 0.392 e. The van der Waals surface area contributed by atoms with Crippen molar-refractivity contribution >= 4 is 17.3 Å². The molecule has 2 atom stereocenters. The van der Waals surface area contributed by atoms with E-state index in [0.29, 0.717) is 26.1 Å². The topological polar surface area (TPSA) is 45.1 Å². The van der Waals surface area contributed by atoms with Gasteiger partial charge in [0, 0.05) is 31.1 Å². The fourth-order valence-electron chi connectivity index (χ4n) is 3.41. The van der Waals surface area contributed by atoms with Crippen LogP contribution in [0.1, 0.15) is 30.4 Å². The van der Waals surface area contributed by atoms with E-state index in [1.165, 1.54) is 0 Å². The van der Waals surface area contributed by atoms with Gasteiger partial charge in [0.15, 0.2) is 0 Å². The maximum absolute atomic E-state index is 10.4. The van der Waals surface area contributed by atoms with Gasteiger partial charge >= 0.3 is 0 Å². The number of nitrogens with zero attached hydrogens (tertiary/aromatic N) is 2. The monoisotopic (exact) mass is 398 g/mol. The maximum Gasteiger partial charge on any atom is 0.145 e. The quantitative estimate of drug-likeness (QED) is 0.592. The van der Waals surface area contributed by atoms with Gasteiger partial charge in [-0.15, -0.1) is 6.58 Å². The number of hydrogen-bond acceptors (Lipinski definition) is 4. The highest BCUT2D eigenvalue weighted by Gasteiger charge is 2.25. The van der Waals surface area contributed by atoms with Crippen molar-refractivity contribution in [3.05, 3.63) is 83.4 Å². The highest BCUT2D eigenvalue weighted by molar-refractivity contribution is 6.30.